The van der Waals surface area contributed by atoms with Crippen LogP contribution in [0.2, 0.25) is 0 Å². The third-order valence-electron chi connectivity index (χ3n) is 1.74. The summed E-state index contributed by atoms with van der Waals surface area (Å²) in [6, 6.07) is 4.88. The van der Waals surface area contributed by atoms with Crippen molar-refractivity contribution in [2.45, 2.75) is 6.92 Å². The summed E-state index contributed by atoms with van der Waals surface area (Å²) in [5, 5.41) is 3.49. The van der Waals surface area contributed by atoms with Crippen LogP contribution in [0.1, 0.15) is 5.56 Å². The van der Waals surface area contributed by atoms with E-state index in [9.17, 15) is 4.39 Å². The number of anilines is 1. The Bertz CT molecular complexity index is 323. The monoisotopic (exact) mass is 199 g/mol. The number of hydrogen-bond acceptors (Lipinski definition) is 1. The molecule has 0 heterocycles. The molecule has 0 fully saturated rings. The lowest BCUT2D eigenvalue weighted by atomic mass is 10.2. The molecule has 0 aliphatic carbocycles. The van der Waals surface area contributed by atoms with E-state index >= 15 is 0 Å². The Morgan fingerprint density at radius 2 is 2.31 bits per heavy atom. The molecule has 1 nitrogen and oxygen atoms in total. The summed E-state index contributed by atoms with van der Waals surface area (Å²) >= 11 is 5.57. The van der Waals surface area contributed by atoms with Crippen LogP contribution in [0.15, 0.2) is 29.8 Å². The average molecular weight is 200 g/mol. The Morgan fingerprint density at radius 3 is 2.92 bits per heavy atom. The van der Waals surface area contributed by atoms with E-state index in [0.717, 1.165) is 5.69 Å². The summed E-state index contributed by atoms with van der Waals surface area (Å²) in [5.74, 6) is -0.217. The molecule has 0 unspecified atom stereocenters. The van der Waals surface area contributed by atoms with Crippen molar-refractivity contribution in [1.82, 2.24) is 0 Å². The van der Waals surface area contributed by atoms with Gasteiger partial charge in [-0.3, -0.25) is 0 Å². The minimum absolute atomic E-state index is 0.217. The van der Waals surface area contributed by atoms with Gasteiger partial charge in [0.1, 0.15) is 5.82 Å². The minimum atomic E-state index is -0.217. The minimum Gasteiger partial charge on any atom is -0.380 e. The van der Waals surface area contributed by atoms with Crippen LogP contribution in [0.3, 0.4) is 0 Å². The third kappa shape index (κ3) is 2.74. The number of benzene rings is 1. The third-order valence-corrected chi connectivity index (χ3v) is 1.87. The van der Waals surface area contributed by atoms with E-state index in [1.165, 1.54) is 6.07 Å². The fourth-order valence-corrected chi connectivity index (χ4v) is 1.06. The molecule has 0 aliphatic rings. The predicted octanol–water partition coefficient (Wildman–Crippen LogP) is 3.30. The Hall–Kier alpha value is -1.02. The van der Waals surface area contributed by atoms with Crippen molar-refractivity contribution in [3.8, 4) is 0 Å². The van der Waals surface area contributed by atoms with Crippen molar-refractivity contribution in [1.29, 1.82) is 0 Å². The predicted molar refractivity (Wildman–Crippen MR) is 54.6 cm³/mol. The van der Waals surface area contributed by atoms with Crippen LogP contribution >= 0.6 is 11.6 Å². The van der Waals surface area contributed by atoms with E-state index in [-0.39, 0.29) is 5.82 Å². The lowest BCUT2D eigenvalue weighted by Gasteiger charge is -2.08. The lowest BCUT2D eigenvalue weighted by Crippen LogP contribution is -2.03. The molecule has 0 radical (unpaired) electrons. The van der Waals surface area contributed by atoms with E-state index in [1.807, 2.05) is 0 Å². The highest BCUT2D eigenvalue weighted by molar-refractivity contribution is 6.29. The molecule has 13 heavy (non-hydrogen) atoms. The van der Waals surface area contributed by atoms with Crippen LogP contribution in [-0.4, -0.2) is 6.54 Å². The first kappa shape index (κ1) is 10.1. The number of rotatable bonds is 3. The molecule has 0 amide bonds. The van der Waals surface area contributed by atoms with Crippen molar-refractivity contribution in [2.24, 2.45) is 0 Å². The molecule has 0 spiro atoms. The lowest BCUT2D eigenvalue weighted by molar-refractivity contribution is 0.619. The van der Waals surface area contributed by atoms with Crippen molar-refractivity contribution in [3.05, 3.63) is 41.2 Å². The summed E-state index contributed by atoms with van der Waals surface area (Å²) in [4.78, 5) is 0. The van der Waals surface area contributed by atoms with E-state index in [0.29, 0.717) is 17.1 Å². The maximum Gasteiger partial charge on any atom is 0.128 e. The molecule has 0 atom stereocenters. The summed E-state index contributed by atoms with van der Waals surface area (Å²) in [5.41, 5.74) is 1.35. The van der Waals surface area contributed by atoms with Gasteiger partial charge in [0.05, 0.1) is 6.54 Å². The molecule has 0 saturated carbocycles. The molecule has 1 aromatic carbocycles. The van der Waals surface area contributed by atoms with Gasteiger partial charge in [0.25, 0.3) is 0 Å². The average Bonchev–Trinajstić information content (AvgIpc) is 2.07. The zero-order chi connectivity index (χ0) is 9.84. The Labute approximate surface area is 82.2 Å². The first-order valence-electron chi connectivity index (χ1n) is 3.93. The summed E-state index contributed by atoms with van der Waals surface area (Å²) in [6.07, 6.45) is 0. The SMILES string of the molecule is C=C(Cl)CNc1cccc(F)c1C. The first-order chi connectivity index (χ1) is 6.11. The molecule has 1 aromatic rings. The second-order valence-electron chi connectivity index (χ2n) is 2.78. The molecule has 0 aromatic heterocycles. The van der Waals surface area contributed by atoms with Gasteiger partial charge in [0.2, 0.25) is 0 Å². The zero-order valence-corrected chi connectivity index (χ0v) is 8.16. The van der Waals surface area contributed by atoms with Crippen molar-refractivity contribution in [3.63, 3.8) is 0 Å². The van der Waals surface area contributed by atoms with Gasteiger partial charge in [0.15, 0.2) is 0 Å². The quantitative estimate of drug-likeness (QED) is 0.788. The van der Waals surface area contributed by atoms with Gasteiger partial charge in [0, 0.05) is 16.3 Å². The molecule has 0 saturated heterocycles. The Balaban J connectivity index is 2.77. The van der Waals surface area contributed by atoms with Crippen molar-refractivity contribution < 1.29 is 4.39 Å². The largest absolute Gasteiger partial charge is 0.380 e. The van der Waals surface area contributed by atoms with Crippen LogP contribution in [0, 0.1) is 12.7 Å². The molecule has 0 aliphatic heterocycles. The zero-order valence-electron chi connectivity index (χ0n) is 7.40. The maximum absolute atomic E-state index is 13.0. The van der Waals surface area contributed by atoms with E-state index in [2.05, 4.69) is 11.9 Å². The summed E-state index contributed by atoms with van der Waals surface area (Å²) < 4.78 is 13.0. The van der Waals surface area contributed by atoms with Gasteiger partial charge < -0.3 is 5.32 Å². The highest BCUT2D eigenvalue weighted by atomic mass is 35.5. The summed E-state index contributed by atoms with van der Waals surface area (Å²) in [7, 11) is 0. The van der Waals surface area contributed by atoms with Crippen LogP contribution in [0.5, 0.6) is 0 Å². The fraction of sp³-hybridized carbons (Fsp3) is 0.200. The topological polar surface area (TPSA) is 12.0 Å². The molecule has 0 bridgehead atoms. The van der Waals surface area contributed by atoms with E-state index in [1.54, 1.807) is 19.1 Å². The van der Waals surface area contributed by atoms with Gasteiger partial charge in [-0.15, -0.1) is 0 Å². The van der Waals surface area contributed by atoms with Gasteiger partial charge in [-0.25, -0.2) is 4.39 Å². The Kier molecular flexibility index (Phi) is 3.32. The van der Waals surface area contributed by atoms with Gasteiger partial charge in [-0.1, -0.05) is 24.2 Å². The summed E-state index contributed by atoms with van der Waals surface area (Å²) in [6.45, 7) is 5.70. The van der Waals surface area contributed by atoms with Crippen LogP contribution < -0.4 is 5.32 Å². The van der Waals surface area contributed by atoms with Gasteiger partial charge in [-0.2, -0.15) is 0 Å². The molecular weight excluding hydrogens is 189 g/mol. The highest BCUT2D eigenvalue weighted by Crippen LogP contribution is 2.17. The second-order valence-corrected chi connectivity index (χ2v) is 3.32. The highest BCUT2D eigenvalue weighted by Gasteiger charge is 2.01. The number of halogens is 2. The van der Waals surface area contributed by atoms with E-state index < -0.39 is 0 Å². The first-order valence-corrected chi connectivity index (χ1v) is 4.31. The van der Waals surface area contributed by atoms with Gasteiger partial charge >= 0.3 is 0 Å². The molecular formula is C10H11ClFN. The van der Waals surface area contributed by atoms with Crippen LogP contribution in [0.25, 0.3) is 0 Å². The number of nitrogens with one attached hydrogen (secondary N) is 1. The smallest absolute Gasteiger partial charge is 0.128 e. The maximum atomic E-state index is 13.0. The van der Waals surface area contributed by atoms with Crippen molar-refractivity contribution >= 4 is 17.3 Å². The molecule has 3 heteroatoms. The van der Waals surface area contributed by atoms with Crippen molar-refractivity contribution in [2.75, 3.05) is 11.9 Å². The Morgan fingerprint density at radius 1 is 1.62 bits per heavy atom. The molecule has 70 valence electrons. The number of hydrogen-bond donors (Lipinski definition) is 1. The van der Waals surface area contributed by atoms with Crippen LogP contribution in [-0.2, 0) is 0 Å². The standard InChI is InChI=1S/C10H11ClFN/c1-7(11)6-13-10-5-3-4-9(12)8(10)2/h3-5,13H,1,6H2,2H3. The van der Waals surface area contributed by atoms with E-state index in [4.69, 9.17) is 11.6 Å². The normalized spacial score (nSPS) is 9.77. The van der Waals surface area contributed by atoms with Crippen LogP contribution in [0.4, 0.5) is 10.1 Å². The molecule has 1 N–H and O–H groups in total. The van der Waals surface area contributed by atoms with Gasteiger partial charge in [-0.05, 0) is 19.1 Å². The second kappa shape index (κ2) is 4.28. The fourth-order valence-electron chi connectivity index (χ4n) is 0.990. The molecule has 1 rings (SSSR count).